The van der Waals surface area contributed by atoms with Crippen molar-refractivity contribution in [1.82, 2.24) is 15.1 Å². The Hall–Kier alpha value is -2.11. The summed E-state index contributed by atoms with van der Waals surface area (Å²) in [5.74, 6) is 0. The summed E-state index contributed by atoms with van der Waals surface area (Å²) in [6.45, 7) is 9.32. The van der Waals surface area contributed by atoms with Crippen molar-refractivity contribution in [1.29, 1.82) is 0 Å². The maximum Gasteiger partial charge on any atom is 0.319 e. The molecule has 1 fully saturated rings. The SMILES string of the molecule is CCN1CCN(CCNC(=O)Nc2cccc3ccccc23)CC1. The molecule has 1 aliphatic heterocycles. The first-order valence-electron chi connectivity index (χ1n) is 8.73. The molecule has 0 radical (unpaired) electrons. The van der Waals surface area contributed by atoms with Crippen molar-refractivity contribution in [2.45, 2.75) is 6.92 Å². The van der Waals surface area contributed by atoms with E-state index in [4.69, 9.17) is 0 Å². The van der Waals surface area contributed by atoms with E-state index in [9.17, 15) is 4.79 Å². The molecule has 0 bridgehead atoms. The van der Waals surface area contributed by atoms with E-state index >= 15 is 0 Å². The number of nitrogens with zero attached hydrogens (tertiary/aromatic N) is 2. The van der Waals surface area contributed by atoms with Gasteiger partial charge in [-0.2, -0.15) is 0 Å². The van der Waals surface area contributed by atoms with Crippen molar-refractivity contribution in [2.75, 3.05) is 51.1 Å². The summed E-state index contributed by atoms with van der Waals surface area (Å²) in [5.41, 5.74) is 0.849. The topological polar surface area (TPSA) is 47.6 Å². The zero-order chi connectivity index (χ0) is 16.8. The Kier molecular flexibility index (Phi) is 5.67. The number of anilines is 1. The van der Waals surface area contributed by atoms with Crippen molar-refractivity contribution in [2.24, 2.45) is 0 Å². The highest BCUT2D eigenvalue weighted by Gasteiger charge is 2.15. The number of piperazine rings is 1. The van der Waals surface area contributed by atoms with Crippen LogP contribution in [0.2, 0.25) is 0 Å². The molecule has 1 heterocycles. The van der Waals surface area contributed by atoms with Gasteiger partial charge in [0.1, 0.15) is 0 Å². The van der Waals surface area contributed by atoms with Gasteiger partial charge in [0.15, 0.2) is 0 Å². The molecule has 1 saturated heterocycles. The van der Waals surface area contributed by atoms with Crippen LogP contribution in [-0.4, -0.2) is 61.6 Å². The lowest BCUT2D eigenvalue weighted by Crippen LogP contribution is -2.48. The molecule has 0 spiro atoms. The second kappa shape index (κ2) is 8.13. The van der Waals surface area contributed by atoms with E-state index in [2.05, 4.69) is 27.4 Å². The molecule has 0 atom stereocenters. The number of likely N-dealkylation sites (N-methyl/N-ethyl adjacent to an activating group) is 1. The first-order chi connectivity index (χ1) is 11.8. The largest absolute Gasteiger partial charge is 0.337 e. The van der Waals surface area contributed by atoms with Gasteiger partial charge in [-0.05, 0) is 18.0 Å². The van der Waals surface area contributed by atoms with E-state index < -0.39 is 0 Å². The van der Waals surface area contributed by atoms with Crippen LogP contribution >= 0.6 is 0 Å². The number of hydrogen-bond acceptors (Lipinski definition) is 3. The summed E-state index contributed by atoms with van der Waals surface area (Å²) in [5, 5.41) is 8.11. The van der Waals surface area contributed by atoms with Gasteiger partial charge >= 0.3 is 6.03 Å². The summed E-state index contributed by atoms with van der Waals surface area (Å²) < 4.78 is 0. The normalized spacial score (nSPS) is 16.2. The first-order valence-corrected chi connectivity index (χ1v) is 8.73. The fourth-order valence-corrected chi connectivity index (χ4v) is 3.16. The fraction of sp³-hybridized carbons (Fsp3) is 0.421. The number of hydrogen-bond donors (Lipinski definition) is 2. The van der Waals surface area contributed by atoms with Crippen molar-refractivity contribution >= 4 is 22.5 Å². The van der Waals surface area contributed by atoms with Gasteiger partial charge < -0.3 is 15.5 Å². The minimum Gasteiger partial charge on any atom is -0.337 e. The van der Waals surface area contributed by atoms with Crippen LogP contribution in [0.1, 0.15) is 6.92 Å². The molecule has 2 aromatic carbocycles. The molecule has 0 saturated carbocycles. The molecule has 0 aliphatic carbocycles. The minimum atomic E-state index is -0.140. The van der Waals surface area contributed by atoms with Crippen LogP contribution in [0.3, 0.4) is 0 Å². The van der Waals surface area contributed by atoms with Gasteiger partial charge in [0.05, 0.1) is 5.69 Å². The van der Waals surface area contributed by atoms with Crippen LogP contribution in [0.4, 0.5) is 10.5 Å². The first kappa shape index (κ1) is 16.7. The molecule has 128 valence electrons. The molecule has 3 rings (SSSR count). The van der Waals surface area contributed by atoms with Gasteiger partial charge in [-0.1, -0.05) is 43.3 Å². The number of benzene rings is 2. The van der Waals surface area contributed by atoms with Crippen LogP contribution in [-0.2, 0) is 0 Å². The monoisotopic (exact) mass is 326 g/mol. The zero-order valence-corrected chi connectivity index (χ0v) is 14.3. The molecule has 5 nitrogen and oxygen atoms in total. The molecule has 2 amide bonds. The maximum absolute atomic E-state index is 12.1. The van der Waals surface area contributed by atoms with E-state index in [1.165, 1.54) is 0 Å². The predicted molar refractivity (Wildman–Crippen MR) is 99.5 cm³/mol. The molecule has 1 aliphatic rings. The van der Waals surface area contributed by atoms with Gasteiger partial charge in [-0.15, -0.1) is 0 Å². The molecule has 2 N–H and O–H groups in total. The predicted octanol–water partition coefficient (Wildman–Crippen LogP) is 2.60. The lowest BCUT2D eigenvalue weighted by molar-refractivity contribution is 0.138. The van der Waals surface area contributed by atoms with Crippen LogP contribution in [0.25, 0.3) is 10.8 Å². The van der Waals surface area contributed by atoms with E-state index in [-0.39, 0.29) is 6.03 Å². The standard InChI is InChI=1S/C19H26N4O/c1-2-22-12-14-23(15-13-22)11-10-20-19(24)21-18-9-5-7-16-6-3-4-8-17(16)18/h3-9H,2,10-15H2,1H3,(H2,20,21,24). The molecule has 2 aromatic rings. The number of nitrogens with one attached hydrogen (secondary N) is 2. The Morgan fingerprint density at radius 2 is 1.71 bits per heavy atom. The van der Waals surface area contributed by atoms with Gasteiger partial charge in [-0.3, -0.25) is 4.90 Å². The van der Waals surface area contributed by atoms with E-state index in [0.29, 0.717) is 6.54 Å². The molecule has 0 aromatic heterocycles. The Labute approximate surface area is 143 Å². The van der Waals surface area contributed by atoms with Crippen molar-refractivity contribution in [3.05, 3.63) is 42.5 Å². The van der Waals surface area contributed by atoms with Crippen LogP contribution < -0.4 is 10.6 Å². The molecule has 24 heavy (non-hydrogen) atoms. The second-order valence-electron chi connectivity index (χ2n) is 6.18. The number of amides is 2. The summed E-state index contributed by atoms with van der Waals surface area (Å²) in [6, 6.07) is 13.9. The van der Waals surface area contributed by atoms with Gasteiger partial charge in [0.2, 0.25) is 0 Å². The van der Waals surface area contributed by atoms with Gasteiger partial charge in [0, 0.05) is 44.7 Å². The summed E-state index contributed by atoms with van der Waals surface area (Å²) in [4.78, 5) is 17.0. The molecular weight excluding hydrogens is 300 g/mol. The number of rotatable bonds is 5. The van der Waals surface area contributed by atoms with E-state index in [0.717, 1.165) is 55.7 Å². The van der Waals surface area contributed by atoms with Gasteiger partial charge in [-0.25, -0.2) is 4.79 Å². The summed E-state index contributed by atoms with van der Waals surface area (Å²) in [7, 11) is 0. The zero-order valence-electron chi connectivity index (χ0n) is 14.3. The Bertz CT molecular complexity index is 675. The highest BCUT2D eigenvalue weighted by atomic mass is 16.2. The van der Waals surface area contributed by atoms with Crippen molar-refractivity contribution in [3.63, 3.8) is 0 Å². The second-order valence-corrected chi connectivity index (χ2v) is 6.18. The van der Waals surface area contributed by atoms with E-state index in [1.54, 1.807) is 0 Å². The quantitative estimate of drug-likeness (QED) is 0.888. The Morgan fingerprint density at radius 3 is 2.50 bits per heavy atom. The average Bonchev–Trinajstić information content (AvgIpc) is 2.63. The highest BCUT2D eigenvalue weighted by molar-refractivity contribution is 6.01. The fourth-order valence-electron chi connectivity index (χ4n) is 3.16. The minimum absolute atomic E-state index is 0.140. The number of carbonyl (C=O) groups is 1. The van der Waals surface area contributed by atoms with E-state index in [1.807, 2.05) is 42.5 Å². The van der Waals surface area contributed by atoms with Crippen LogP contribution in [0.15, 0.2) is 42.5 Å². The number of fused-ring (bicyclic) bond motifs is 1. The third-order valence-electron chi connectivity index (χ3n) is 4.66. The average molecular weight is 326 g/mol. The summed E-state index contributed by atoms with van der Waals surface area (Å²) in [6.07, 6.45) is 0. The third kappa shape index (κ3) is 4.24. The Morgan fingerprint density at radius 1 is 1.00 bits per heavy atom. The van der Waals surface area contributed by atoms with Crippen molar-refractivity contribution in [3.8, 4) is 0 Å². The maximum atomic E-state index is 12.1. The lowest BCUT2D eigenvalue weighted by Gasteiger charge is -2.33. The Balaban J connectivity index is 1.46. The lowest BCUT2D eigenvalue weighted by atomic mass is 10.1. The molecule has 5 heteroatoms. The number of urea groups is 1. The van der Waals surface area contributed by atoms with Crippen LogP contribution in [0, 0.1) is 0 Å². The van der Waals surface area contributed by atoms with Crippen molar-refractivity contribution < 1.29 is 4.79 Å². The smallest absolute Gasteiger partial charge is 0.319 e. The molecular formula is C19H26N4O. The third-order valence-corrected chi connectivity index (χ3v) is 4.66. The highest BCUT2D eigenvalue weighted by Crippen LogP contribution is 2.22. The molecule has 0 unspecified atom stereocenters. The van der Waals surface area contributed by atoms with Crippen LogP contribution in [0.5, 0.6) is 0 Å². The number of carbonyl (C=O) groups excluding carboxylic acids is 1. The summed E-state index contributed by atoms with van der Waals surface area (Å²) >= 11 is 0. The van der Waals surface area contributed by atoms with Gasteiger partial charge in [0.25, 0.3) is 0 Å².